The Morgan fingerprint density at radius 3 is 2.56 bits per heavy atom. The molecule has 0 saturated carbocycles. The van der Waals surface area contributed by atoms with Gasteiger partial charge in [-0.1, -0.05) is 0 Å². The molecule has 0 radical (unpaired) electrons. The van der Waals surface area contributed by atoms with Crippen molar-refractivity contribution in [3.05, 3.63) is 0 Å². The summed E-state index contributed by atoms with van der Waals surface area (Å²) in [6, 6.07) is 0. The van der Waals surface area contributed by atoms with Crippen molar-refractivity contribution in [3.8, 4) is 0 Å². The van der Waals surface area contributed by atoms with Gasteiger partial charge in [0.25, 0.3) is 0 Å². The van der Waals surface area contributed by atoms with Crippen molar-refractivity contribution in [1.29, 1.82) is 0 Å². The molecule has 0 bridgehead atoms. The first kappa shape index (κ1) is 14.1. The zero-order chi connectivity index (χ0) is 13.1. The van der Waals surface area contributed by atoms with E-state index in [1.807, 2.05) is 0 Å². The molecule has 6 atom stereocenters. The van der Waals surface area contributed by atoms with Crippen LogP contribution in [0.2, 0.25) is 0 Å². The smallest absolute Gasteiger partial charge is 0.186 e. The zero-order valence-electron chi connectivity index (χ0n) is 10.0. The molecule has 2 aliphatic heterocycles. The van der Waals surface area contributed by atoms with E-state index in [0.29, 0.717) is 13.0 Å². The first-order chi connectivity index (χ1) is 8.60. The van der Waals surface area contributed by atoms with Gasteiger partial charge in [0, 0.05) is 12.8 Å². The van der Waals surface area contributed by atoms with Crippen molar-refractivity contribution in [3.63, 3.8) is 0 Å². The summed E-state index contributed by atoms with van der Waals surface area (Å²) in [7, 11) is 0. The van der Waals surface area contributed by atoms with Gasteiger partial charge in [0.15, 0.2) is 6.29 Å². The molecule has 106 valence electrons. The highest BCUT2D eigenvalue weighted by molar-refractivity contribution is 4.82. The van der Waals surface area contributed by atoms with E-state index in [-0.39, 0.29) is 19.6 Å². The third-order valence-electron chi connectivity index (χ3n) is 3.18. The molecule has 0 amide bonds. The SMILES string of the molecule is OC[C@H]1C[C@@H](O)[C@H](O)[C@@H](O[C@H]2COC[C@@H](O)C2)O1. The molecule has 2 fully saturated rings. The number of aliphatic hydroxyl groups excluding tert-OH is 4. The second kappa shape index (κ2) is 6.25. The van der Waals surface area contributed by atoms with E-state index >= 15 is 0 Å². The van der Waals surface area contributed by atoms with Gasteiger partial charge in [0.2, 0.25) is 0 Å². The first-order valence-corrected chi connectivity index (χ1v) is 6.14. The molecule has 7 nitrogen and oxygen atoms in total. The largest absolute Gasteiger partial charge is 0.394 e. The van der Waals surface area contributed by atoms with E-state index < -0.39 is 36.8 Å². The number of ether oxygens (including phenoxy) is 3. The maximum absolute atomic E-state index is 9.76. The average Bonchev–Trinajstić information content (AvgIpc) is 2.34. The van der Waals surface area contributed by atoms with Crippen molar-refractivity contribution < 1.29 is 34.6 Å². The topological polar surface area (TPSA) is 109 Å². The molecule has 0 unspecified atom stereocenters. The Bertz CT molecular complexity index is 262. The first-order valence-electron chi connectivity index (χ1n) is 6.14. The number of hydrogen-bond donors (Lipinski definition) is 4. The van der Waals surface area contributed by atoms with E-state index in [9.17, 15) is 15.3 Å². The molecule has 0 aromatic rings. The van der Waals surface area contributed by atoms with Crippen LogP contribution in [-0.2, 0) is 14.2 Å². The number of hydrogen-bond acceptors (Lipinski definition) is 7. The molecule has 0 spiro atoms. The van der Waals surface area contributed by atoms with E-state index in [2.05, 4.69) is 0 Å². The number of aliphatic hydroxyl groups is 4. The van der Waals surface area contributed by atoms with Crippen molar-refractivity contribution >= 4 is 0 Å². The van der Waals surface area contributed by atoms with Crippen LogP contribution in [0.4, 0.5) is 0 Å². The van der Waals surface area contributed by atoms with Crippen LogP contribution >= 0.6 is 0 Å². The lowest BCUT2D eigenvalue weighted by Crippen LogP contribution is -2.52. The van der Waals surface area contributed by atoms with Crippen LogP contribution in [0.3, 0.4) is 0 Å². The fourth-order valence-electron chi connectivity index (χ4n) is 2.21. The third-order valence-corrected chi connectivity index (χ3v) is 3.18. The van der Waals surface area contributed by atoms with Crippen molar-refractivity contribution in [2.75, 3.05) is 19.8 Å². The lowest BCUT2D eigenvalue weighted by molar-refractivity contribution is -0.294. The summed E-state index contributed by atoms with van der Waals surface area (Å²) in [5, 5.41) is 37.8. The molecule has 0 aromatic carbocycles. The van der Waals surface area contributed by atoms with Gasteiger partial charge in [-0.05, 0) is 0 Å². The van der Waals surface area contributed by atoms with Crippen LogP contribution in [0.1, 0.15) is 12.8 Å². The Balaban J connectivity index is 1.89. The standard InChI is InChI=1S/C11H20O7/c12-3-7-2-9(14)10(15)11(17-7)18-8-1-6(13)4-16-5-8/h6-15H,1-5H2/t6-,7+,8+,9+,10-,11+/m0/s1. The van der Waals surface area contributed by atoms with Crippen molar-refractivity contribution in [1.82, 2.24) is 0 Å². The normalized spacial score (nSPS) is 46.0. The molecule has 2 rings (SSSR count). The molecular weight excluding hydrogens is 244 g/mol. The zero-order valence-corrected chi connectivity index (χ0v) is 10.0. The van der Waals surface area contributed by atoms with Crippen molar-refractivity contribution in [2.24, 2.45) is 0 Å². The minimum Gasteiger partial charge on any atom is -0.394 e. The molecule has 0 aliphatic carbocycles. The minimum absolute atomic E-state index is 0.168. The third kappa shape index (κ3) is 3.39. The van der Waals surface area contributed by atoms with E-state index in [1.165, 1.54) is 0 Å². The van der Waals surface area contributed by atoms with Gasteiger partial charge in [-0.25, -0.2) is 0 Å². The van der Waals surface area contributed by atoms with Gasteiger partial charge in [0.1, 0.15) is 6.10 Å². The fourth-order valence-corrected chi connectivity index (χ4v) is 2.21. The summed E-state index contributed by atoms with van der Waals surface area (Å²) in [6.45, 7) is 0.340. The van der Waals surface area contributed by atoms with Crippen molar-refractivity contribution in [2.45, 2.75) is 49.7 Å². The van der Waals surface area contributed by atoms with Gasteiger partial charge in [0.05, 0.1) is 44.2 Å². The monoisotopic (exact) mass is 264 g/mol. The van der Waals surface area contributed by atoms with Crippen LogP contribution in [0.15, 0.2) is 0 Å². The van der Waals surface area contributed by atoms with Gasteiger partial charge in [-0.3, -0.25) is 0 Å². The Morgan fingerprint density at radius 1 is 1.11 bits per heavy atom. The van der Waals surface area contributed by atoms with E-state index in [0.717, 1.165) is 0 Å². The van der Waals surface area contributed by atoms with Gasteiger partial charge < -0.3 is 34.6 Å². The van der Waals surface area contributed by atoms with Crippen LogP contribution in [0.25, 0.3) is 0 Å². The Labute approximate surface area is 105 Å². The maximum atomic E-state index is 9.76. The highest BCUT2D eigenvalue weighted by atomic mass is 16.7. The van der Waals surface area contributed by atoms with Gasteiger partial charge in [-0.2, -0.15) is 0 Å². The summed E-state index contributed by atoms with van der Waals surface area (Å²) in [6.07, 6.45) is -4.13. The van der Waals surface area contributed by atoms with Crippen LogP contribution in [-0.4, -0.2) is 77.1 Å². The summed E-state index contributed by atoms with van der Waals surface area (Å²) in [5.74, 6) is 0. The van der Waals surface area contributed by atoms with Gasteiger partial charge >= 0.3 is 0 Å². The maximum Gasteiger partial charge on any atom is 0.186 e. The molecular formula is C11H20O7. The quantitative estimate of drug-likeness (QED) is 0.466. The lowest BCUT2D eigenvalue weighted by Gasteiger charge is -2.38. The predicted octanol–water partition coefficient (Wildman–Crippen LogP) is -2.02. The predicted molar refractivity (Wildman–Crippen MR) is 58.7 cm³/mol. The molecule has 4 N–H and O–H groups in total. The molecule has 2 aliphatic rings. The Morgan fingerprint density at radius 2 is 1.89 bits per heavy atom. The Hall–Kier alpha value is -0.280. The molecule has 18 heavy (non-hydrogen) atoms. The summed E-state index contributed by atoms with van der Waals surface area (Å²) in [4.78, 5) is 0. The second-order valence-corrected chi connectivity index (χ2v) is 4.79. The average molecular weight is 264 g/mol. The molecule has 2 saturated heterocycles. The van der Waals surface area contributed by atoms with Gasteiger partial charge in [-0.15, -0.1) is 0 Å². The molecule has 7 heteroatoms. The fraction of sp³-hybridized carbons (Fsp3) is 1.00. The highest BCUT2D eigenvalue weighted by Gasteiger charge is 2.39. The summed E-state index contributed by atoms with van der Waals surface area (Å²) < 4.78 is 16.0. The summed E-state index contributed by atoms with van der Waals surface area (Å²) in [5.41, 5.74) is 0. The van der Waals surface area contributed by atoms with Crippen LogP contribution < -0.4 is 0 Å². The van der Waals surface area contributed by atoms with Crippen LogP contribution in [0, 0.1) is 0 Å². The van der Waals surface area contributed by atoms with E-state index in [4.69, 9.17) is 19.3 Å². The molecule has 0 aromatic heterocycles. The Kier molecular flexibility index (Phi) is 4.91. The lowest BCUT2D eigenvalue weighted by atomic mass is 10.0. The molecule has 2 heterocycles. The van der Waals surface area contributed by atoms with E-state index in [1.54, 1.807) is 0 Å². The number of rotatable bonds is 3. The van der Waals surface area contributed by atoms with Crippen LogP contribution in [0.5, 0.6) is 0 Å². The second-order valence-electron chi connectivity index (χ2n) is 4.79. The summed E-state index contributed by atoms with van der Waals surface area (Å²) >= 11 is 0. The minimum atomic E-state index is -1.16. The highest BCUT2D eigenvalue weighted by Crippen LogP contribution is 2.24.